The molecule has 0 aromatic heterocycles. The Morgan fingerprint density at radius 1 is 1.29 bits per heavy atom. The van der Waals surface area contributed by atoms with E-state index in [1.54, 1.807) is 0 Å². The monoisotopic (exact) mass is 243 g/mol. The first-order valence-electron chi connectivity index (χ1n) is 5.65. The quantitative estimate of drug-likeness (QED) is 0.833. The lowest BCUT2D eigenvalue weighted by Gasteiger charge is -2.19. The summed E-state index contributed by atoms with van der Waals surface area (Å²) in [5.74, 6) is -3.06. The topological polar surface area (TPSA) is 32.3 Å². The molecule has 0 saturated carbocycles. The first-order valence-corrected chi connectivity index (χ1v) is 5.65. The molecule has 1 unspecified atom stereocenters. The SMILES string of the molecule is Cc1ccc(C(C)NCC(F)(F)CO)cc1C. The maximum absolute atomic E-state index is 12.9. The van der Waals surface area contributed by atoms with Crippen molar-refractivity contribution in [3.8, 4) is 0 Å². The van der Waals surface area contributed by atoms with Gasteiger partial charge in [0, 0.05) is 6.04 Å². The summed E-state index contributed by atoms with van der Waals surface area (Å²) in [5.41, 5.74) is 3.30. The fraction of sp³-hybridized carbons (Fsp3) is 0.538. The van der Waals surface area contributed by atoms with Crippen molar-refractivity contribution in [2.75, 3.05) is 13.2 Å². The Kier molecular flexibility index (Phi) is 4.60. The molecule has 96 valence electrons. The van der Waals surface area contributed by atoms with E-state index in [1.165, 1.54) is 5.56 Å². The molecule has 0 radical (unpaired) electrons. The summed E-state index contributed by atoms with van der Waals surface area (Å²) in [5, 5.41) is 11.2. The zero-order chi connectivity index (χ0) is 13.1. The van der Waals surface area contributed by atoms with Gasteiger partial charge in [0.05, 0.1) is 6.54 Å². The number of aryl methyl sites for hydroxylation is 2. The van der Waals surface area contributed by atoms with Crippen LogP contribution in [-0.2, 0) is 0 Å². The summed E-state index contributed by atoms with van der Waals surface area (Å²) >= 11 is 0. The molecule has 0 saturated heterocycles. The minimum absolute atomic E-state index is 0.160. The van der Waals surface area contributed by atoms with Crippen LogP contribution in [0.5, 0.6) is 0 Å². The highest BCUT2D eigenvalue weighted by atomic mass is 19.3. The van der Waals surface area contributed by atoms with Gasteiger partial charge in [-0.25, -0.2) is 8.78 Å². The van der Waals surface area contributed by atoms with Crippen LogP contribution in [0.3, 0.4) is 0 Å². The molecule has 0 amide bonds. The third-order valence-corrected chi connectivity index (χ3v) is 2.93. The number of alkyl halides is 2. The second-order valence-electron chi connectivity index (χ2n) is 4.46. The molecule has 1 rings (SSSR count). The summed E-state index contributed by atoms with van der Waals surface area (Å²) in [6, 6.07) is 5.74. The van der Waals surface area contributed by atoms with Gasteiger partial charge in [0.25, 0.3) is 5.92 Å². The molecule has 1 aromatic rings. The van der Waals surface area contributed by atoms with Crippen LogP contribution < -0.4 is 5.32 Å². The third kappa shape index (κ3) is 4.06. The molecule has 0 fully saturated rings. The Labute approximate surface area is 101 Å². The van der Waals surface area contributed by atoms with E-state index in [1.807, 2.05) is 39.0 Å². The van der Waals surface area contributed by atoms with Crippen LogP contribution in [0.2, 0.25) is 0 Å². The van der Waals surface area contributed by atoms with Gasteiger partial charge in [0.15, 0.2) is 0 Å². The van der Waals surface area contributed by atoms with Crippen molar-refractivity contribution in [3.63, 3.8) is 0 Å². The van der Waals surface area contributed by atoms with Crippen molar-refractivity contribution < 1.29 is 13.9 Å². The number of hydrogen-bond acceptors (Lipinski definition) is 2. The van der Waals surface area contributed by atoms with Crippen molar-refractivity contribution in [3.05, 3.63) is 34.9 Å². The number of rotatable bonds is 5. The van der Waals surface area contributed by atoms with Gasteiger partial charge in [0.2, 0.25) is 0 Å². The van der Waals surface area contributed by atoms with Crippen molar-refractivity contribution in [1.82, 2.24) is 5.32 Å². The Morgan fingerprint density at radius 3 is 2.47 bits per heavy atom. The fourth-order valence-corrected chi connectivity index (χ4v) is 1.51. The molecule has 0 heterocycles. The summed E-state index contributed by atoms with van der Waals surface area (Å²) in [6.45, 7) is 4.19. The molecule has 2 nitrogen and oxygen atoms in total. The lowest BCUT2D eigenvalue weighted by atomic mass is 10.0. The van der Waals surface area contributed by atoms with E-state index in [2.05, 4.69) is 5.32 Å². The lowest BCUT2D eigenvalue weighted by molar-refractivity contribution is -0.0490. The van der Waals surface area contributed by atoms with Gasteiger partial charge < -0.3 is 10.4 Å². The molecule has 2 N–H and O–H groups in total. The van der Waals surface area contributed by atoms with E-state index in [0.29, 0.717) is 0 Å². The molecule has 0 aliphatic heterocycles. The molecule has 0 aliphatic carbocycles. The molecular formula is C13H19F2NO. The number of halogens is 2. The summed E-state index contributed by atoms with van der Waals surface area (Å²) in [6.07, 6.45) is 0. The number of nitrogens with one attached hydrogen (secondary N) is 1. The molecule has 1 aromatic carbocycles. The normalized spacial score (nSPS) is 13.8. The largest absolute Gasteiger partial charge is 0.390 e. The van der Waals surface area contributed by atoms with E-state index in [9.17, 15) is 8.78 Å². The lowest BCUT2D eigenvalue weighted by Crippen LogP contribution is -2.37. The summed E-state index contributed by atoms with van der Waals surface area (Å²) in [4.78, 5) is 0. The fourth-order valence-electron chi connectivity index (χ4n) is 1.51. The minimum Gasteiger partial charge on any atom is -0.390 e. The number of aliphatic hydroxyl groups excluding tert-OH is 1. The molecule has 0 aliphatic rings. The van der Waals surface area contributed by atoms with Crippen LogP contribution in [0, 0.1) is 13.8 Å². The van der Waals surface area contributed by atoms with Crippen LogP contribution in [0.1, 0.15) is 29.7 Å². The standard InChI is InChI=1S/C13H19F2NO/c1-9-4-5-12(6-10(9)2)11(3)16-7-13(14,15)8-17/h4-6,11,16-17H,7-8H2,1-3H3. The molecule has 4 heteroatoms. The van der Waals surface area contributed by atoms with Gasteiger partial charge in [-0.2, -0.15) is 0 Å². The first-order chi connectivity index (χ1) is 7.85. The van der Waals surface area contributed by atoms with Crippen LogP contribution in [0.15, 0.2) is 18.2 Å². The maximum atomic E-state index is 12.9. The van der Waals surface area contributed by atoms with E-state index in [-0.39, 0.29) is 6.04 Å². The highest BCUT2D eigenvalue weighted by Gasteiger charge is 2.27. The molecule has 1 atom stereocenters. The zero-order valence-electron chi connectivity index (χ0n) is 10.4. The molecule has 0 bridgehead atoms. The predicted octanol–water partition coefficient (Wildman–Crippen LogP) is 2.58. The number of aliphatic hydroxyl groups is 1. The molecule has 0 spiro atoms. The summed E-state index contributed by atoms with van der Waals surface area (Å²) in [7, 11) is 0. The first kappa shape index (κ1) is 14.1. The van der Waals surface area contributed by atoms with Crippen molar-refractivity contribution in [2.24, 2.45) is 0 Å². The van der Waals surface area contributed by atoms with Crippen LogP contribution >= 0.6 is 0 Å². The Morgan fingerprint density at radius 2 is 1.94 bits per heavy atom. The van der Waals surface area contributed by atoms with E-state index >= 15 is 0 Å². The Bertz CT molecular complexity index is 380. The van der Waals surface area contributed by atoms with Gasteiger partial charge >= 0.3 is 0 Å². The van der Waals surface area contributed by atoms with Gasteiger partial charge in [-0.3, -0.25) is 0 Å². The average molecular weight is 243 g/mol. The average Bonchev–Trinajstić information content (AvgIpc) is 2.30. The smallest absolute Gasteiger partial charge is 0.282 e. The minimum atomic E-state index is -3.06. The van der Waals surface area contributed by atoms with E-state index < -0.39 is 19.1 Å². The maximum Gasteiger partial charge on any atom is 0.282 e. The van der Waals surface area contributed by atoms with Crippen molar-refractivity contribution in [1.29, 1.82) is 0 Å². The predicted molar refractivity (Wildman–Crippen MR) is 64.4 cm³/mol. The van der Waals surface area contributed by atoms with Gasteiger partial charge in [-0.05, 0) is 37.5 Å². The highest BCUT2D eigenvalue weighted by Crippen LogP contribution is 2.18. The van der Waals surface area contributed by atoms with Crippen LogP contribution in [0.25, 0.3) is 0 Å². The van der Waals surface area contributed by atoms with Crippen molar-refractivity contribution >= 4 is 0 Å². The number of benzene rings is 1. The molecule has 17 heavy (non-hydrogen) atoms. The van der Waals surface area contributed by atoms with Crippen LogP contribution in [0.4, 0.5) is 8.78 Å². The van der Waals surface area contributed by atoms with Crippen molar-refractivity contribution in [2.45, 2.75) is 32.7 Å². The number of hydrogen-bond donors (Lipinski definition) is 2. The van der Waals surface area contributed by atoms with Gasteiger partial charge in [0.1, 0.15) is 6.61 Å². The van der Waals surface area contributed by atoms with Gasteiger partial charge in [-0.1, -0.05) is 18.2 Å². The zero-order valence-corrected chi connectivity index (χ0v) is 10.4. The third-order valence-electron chi connectivity index (χ3n) is 2.93. The van der Waals surface area contributed by atoms with E-state index in [4.69, 9.17) is 5.11 Å². The highest BCUT2D eigenvalue weighted by molar-refractivity contribution is 5.31. The second-order valence-corrected chi connectivity index (χ2v) is 4.46. The molecular weight excluding hydrogens is 224 g/mol. The van der Waals surface area contributed by atoms with Crippen LogP contribution in [-0.4, -0.2) is 24.2 Å². The van der Waals surface area contributed by atoms with E-state index in [0.717, 1.165) is 11.1 Å². The summed E-state index contributed by atoms with van der Waals surface area (Å²) < 4.78 is 25.7. The Balaban J connectivity index is 2.64. The second kappa shape index (κ2) is 5.56. The van der Waals surface area contributed by atoms with Gasteiger partial charge in [-0.15, -0.1) is 0 Å². The Hall–Kier alpha value is -1.00.